The molecule has 0 radical (unpaired) electrons. The lowest BCUT2D eigenvalue weighted by atomic mass is 10.1. The van der Waals surface area contributed by atoms with Crippen molar-refractivity contribution in [1.29, 1.82) is 0 Å². The van der Waals surface area contributed by atoms with Crippen molar-refractivity contribution in [3.05, 3.63) is 0 Å². The van der Waals surface area contributed by atoms with E-state index in [9.17, 15) is 9.59 Å². The average Bonchev–Trinajstić information content (AvgIpc) is 2.26. The summed E-state index contributed by atoms with van der Waals surface area (Å²) < 4.78 is 0. The molecule has 1 saturated heterocycles. The van der Waals surface area contributed by atoms with Crippen molar-refractivity contribution in [3.8, 4) is 0 Å². The zero-order valence-corrected chi connectivity index (χ0v) is 9.68. The monoisotopic (exact) mass is 231 g/mol. The summed E-state index contributed by atoms with van der Waals surface area (Å²) in [6.07, 6.45) is 3.52. The van der Waals surface area contributed by atoms with Gasteiger partial charge in [0, 0.05) is 0 Å². The van der Waals surface area contributed by atoms with E-state index in [1.165, 1.54) is 0 Å². The van der Waals surface area contributed by atoms with Crippen LogP contribution in [0, 0.1) is 0 Å². The second-order valence-electron chi connectivity index (χ2n) is 3.66. The Labute approximate surface area is 93.8 Å². The van der Waals surface area contributed by atoms with Crippen LogP contribution < -0.4 is 5.32 Å². The number of carboxylic acid groups (broad SMARTS) is 1. The molecule has 4 nitrogen and oxygen atoms in total. The molecule has 86 valence electrons. The third-order valence-electron chi connectivity index (χ3n) is 2.49. The Morgan fingerprint density at radius 1 is 1.53 bits per heavy atom. The van der Waals surface area contributed by atoms with Crippen molar-refractivity contribution in [3.63, 3.8) is 0 Å². The lowest BCUT2D eigenvalue weighted by Gasteiger charge is -2.22. The van der Waals surface area contributed by atoms with Crippen LogP contribution in [0.2, 0.25) is 0 Å². The van der Waals surface area contributed by atoms with Crippen LogP contribution in [-0.4, -0.2) is 34.0 Å². The van der Waals surface area contributed by atoms with Gasteiger partial charge in [-0.2, -0.15) is 0 Å². The molecule has 1 rings (SSSR count). The van der Waals surface area contributed by atoms with E-state index >= 15 is 0 Å². The van der Waals surface area contributed by atoms with Gasteiger partial charge < -0.3 is 10.4 Å². The number of thioether (sulfide) groups is 1. The van der Waals surface area contributed by atoms with Gasteiger partial charge in [0.15, 0.2) is 0 Å². The van der Waals surface area contributed by atoms with E-state index in [0.717, 1.165) is 25.0 Å². The van der Waals surface area contributed by atoms with Crippen LogP contribution >= 0.6 is 11.8 Å². The minimum absolute atomic E-state index is 0.0489. The highest BCUT2D eigenvalue weighted by atomic mass is 32.2. The van der Waals surface area contributed by atoms with Crippen LogP contribution in [0.4, 0.5) is 0 Å². The molecule has 1 aliphatic rings. The fourth-order valence-electron chi connectivity index (χ4n) is 1.55. The van der Waals surface area contributed by atoms with Gasteiger partial charge in [-0.15, -0.1) is 11.8 Å². The molecule has 1 fully saturated rings. The van der Waals surface area contributed by atoms with Crippen molar-refractivity contribution in [2.75, 3.05) is 5.75 Å². The van der Waals surface area contributed by atoms with E-state index in [2.05, 4.69) is 5.32 Å². The predicted octanol–water partition coefficient (Wildman–Crippen LogP) is 1.25. The highest BCUT2D eigenvalue weighted by Gasteiger charge is 2.25. The van der Waals surface area contributed by atoms with E-state index in [-0.39, 0.29) is 11.2 Å². The minimum atomic E-state index is -0.952. The molecule has 0 spiro atoms. The number of carbonyl (C=O) groups is 2. The molecule has 5 heteroatoms. The molecule has 0 bridgehead atoms. The molecule has 2 atom stereocenters. The number of hydrogen-bond donors (Lipinski definition) is 2. The Kier molecular flexibility index (Phi) is 4.94. The van der Waals surface area contributed by atoms with E-state index < -0.39 is 12.0 Å². The summed E-state index contributed by atoms with van der Waals surface area (Å²) >= 11 is 1.63. The van der Waals surface area contributed by atoms with Crippen molar-refractivity contribution < 1.29 is 14.7 Å². The second kappa shape index (κ2) is 6.00. The van der Waals surface area contributed by atoms with E-state index in [4.69, 9.17) is 5.11 Å². The normalized spacial score (nSPS) is 23.1. The van der Waals surface area contributed by atoms with Crippen LogP contribution in [0.25, 0.3) is 0 Å². The Morgan fingerprint density at radius 2 is 2.27 bits per heavy atom. The summed E-state index contributed by atoms with van der Waals surface area (Å²) in [7, 11) is 0. The highest BCUT2D eigenvalue weighted by Crippen LogP contribution is 2.25. The molecule has 1 unspecified atom stereocenters. The van der Waals surface area contributed by atoms with Crippen LogP contribution in [-0.2, 0) is 9.59 Å². The number of rotatable bonds is 4. The lowest BCUT2D eigenvalue weighted by molar-refractivity contribution is -0.141. The molecular weight excluding hydrogens is 214 g/mol. The Balaban J connectivity index is 2.42. The molecule has 0 aromatic carbocycles. The van der Waals surface area contributed by atoms with Gasteiger partial charge in [-0.1, -0.05) is 13.3 Å². The molecule has 1 amide bonds. The van der Waals surface area contributed by atoms with Gasteiger partial charge >= 0.3 is 5.97 Å². The van der Waals surface area contributed by atoms with Crippen LogP contribution in [0.1, 0.15) is 32.6 Å². The first-order valence-electron chi connectivity index (χ1n) is 5.30. The summed E-state index contributed by atoms with van der Waals surface area (Å²) in [6, 6.07) is -0.736. The Hall–Kier alpha value is -0.710. The van der Waals surface area contributed by atoms with Gasteiger partial charge in [-0.3, -0.25) is 4.79 Å². The molecule has 0 aliphatic carbocycles. The molecule has 1 heterocycles. The van der Waals surface area contributed by atoms with Crippen molar-refractivity contribution in [2.45, 2.75) is 43.9 Å². The first-order valence-corrected chi connectivity index (χ1v) is 6.34. The van der Waals surface area contributed by atoms with Crippen molar-refractivity contribution in [2.24, 2.45) is 0 Å². The zero-order valence-electron chi connectivity index (χ0n) is 8.86. The first kappa shape index (κ1) is 12.4. The van der Waals surface area contributed by atoms with Crippen molar-refractivity contribution in [1.82, 2.24) is 5.32 Å². The van der Waals surface area contributed by atoms with Gasteiger partial charge in [0.2, 0.25) is 5.91 Å². The molecule has 1 aliphatic heterocycles. The summed E-state index contributed by atoms with van der Waals surface area (Å²) in [6.45, 7) is 1.76. The topological polar surface area (TPSA) is 66.4 Å². The molecule has 15 heavy (non-hydrogen) atoms. The molecule has 0 aromatic heterocycles. The Morgan fingerprint density at radius 3 is 2.73 bits per heavy atom. The number of carboxylic acids is 1. The number of amides is 1. The molecular formula is C10H17NO3S. The van der Waals surface area contributed by atoms with Crippen LogP contribution in [0.15, 0.2) is 0 Å². The van der Waals surface area contributed by atoms with Crippen molar-refractivity contribution >= 4 is 23.6 Å². The largest absolute Gasteiger partial charge is 0.480 e. The Bertz CT molecular complexity index is 239. The standard InChI is InChI=1S/C10H17NO3S/c1-2-7(10(13)14)11-9(12)8-5-3-4-6-15-8/h7-8H,2-6H2,1H3,(H,11,12)(H,13,14)/t7-,8?/m0/s1. The maximum absolute atomic E-state index is 11.7. The summed E-state index contributed by atoms with van der Waals surface area (Å²) in [4.78, 5) is 22.4. The predicted molar refractivity (Wildman–Crippen MR) is 60.0 cm³/mol. The third kappa shape index (κ3) is 3.74. The maximum atomic E-state index is 11.7. The minimum Gasteiger partial charge on any atom is -0.480 e. The number of carbonyl (C=O) groups excluding carboxylic acids is 1. The maximum Gasteiger partial charge on any atom is 0.326 e. The first-order chi connectivity index (χ1) is 7.15. The lowest BCUT2D eigenvalue weighted by Crippen LogP contribution is -2.44. The third-order valence-corrected chi connectivity index (χ3v) is 3.87. The highest BCUT2D eigenvalue weighted by molar-refractivity contribution is 8.00. The SMILES string of the molecule is CC[C@H](NC(=O)C1CCCCS1)C(=O)O. The molecule has 2 N–H and O–H groups in total. The van der Waals surface area contributed by atoms with Crippen LogP contribution in [0.5, 0.6) is 0 Å². The summed E-state index contributed by atoms with van der Waals surface area (Å²) in [5.74, 6) is -0.0669. The summed E-state index contributed by atoms with van der Waals surface area (Å²) in [5.41, 5.74) is 0. The second-order valence-corrected chi connectivity index (χ2v) is 4.97. The quantitative estimate of drug-likeness (QED) is 0.764. The van der Waals surface area contributed by atoms with Gasteiger partial charge in [-0.25, -0.2) is 4.79 Å². The molecule has 0 aromatic rings. The van der Waals surface area contributed by atoms with E-state index in [0.29, 0.717) is 6.42 Å². The van der Waals surface area contributed by atoms with Gasteiger partial charge in [0.05, 0.1) is 5.25 Å². The summed E-state index contributed by atoms with van der Waals surface area (Å²) in [5, 5.41) is 11.3. The van der Waals surface area contributed by atoms with Gasteiger partial charge in [-0.05, 0) is 25.0 Å². The fourth-order valence-corrected chi connectivity index (χ4v) is 2.76. The van der Waals surface area contributed by atoms with Crippen LogP contribution in [0.3, 0.4) is 0 Å². The number of aliphatic carboxylic acids is 1. The van der Waals surface area contributed by atoms with E-state index in [1.807, 2.05) is 0 Å². The van der Waals surface area contributed by atoms with E-state index in [1.54, 1.807) is 18.7 Å². The van der Waals surface area contributed by atoms with Gasteiger partial charge in [0.1, 0.15) is 6.04 Å². The number of hydrogen-bond acceptors (Lipinski definition) is 3. The van der Waals surface area contributed by atoms with Gasteiger partial charge in [0.25, 0.3) is 0 Å². The smallest absolute Gasteiger partial charge is 0.326 e. The number of nitrogens with one attached hydrogen (secondary N) is 1. The average molecular weight is 231 g/mol. The molecule has 0 saturated carbocycles. The fraction of sp³-hybridized carbons (Fsp3) is 0.800. The zero-order chi connectivity index (χ0) is 11.3.